The summed E-state index contributed by atoms with van der Waals surface area (Å²) in [7, 11) is -3.94. The predicted molar refractivity (Wildman–Crippen MR) is 121 cm³/mol. The summed E-state index contributed by atoms with van der Waals surface area (Å²) in [4.78, 5) is 24.7. The third-order valence-electron chi connectivity index (χ3n) is 5.35. The molecule has 0 saturated carbocycles. The molecule has 1 atom stereocenters. The molecular formula is C23H29N3O4S. The summed E-state index contributed by atoms with van der Waals surface area (Å²) in [5, 5.41) is 5.62. The first-order valence-electron chi connectivity index (χ1n) is 10.5. The van der Waals surface area contributed by atoms with Crippen molar-refractivity contribution in [1.29, 1.82) is 0 Å². The van der Waals surface area contributed by atoms with E-state index in [2.05, 4.69) is 15.4 Å². The topological polar surface area (TPSA) is 104 Å². The van der Waals surface area contributed by atoms with Crippen molar-refractivity contribution in [2.45, 2.75) is 57.4 Å². The molecule has 8 heteroatoms. The van der Waals surface area contributed by atoms with Crippen molar-refractivity contribution >= 4 is 33.2 Å². The number of amides is 2. The molecule has 31 heavy (non-hydrogen) atoms. The maximum absolute atomic E-state index is 13.1. The van der Waals surface area contributed by atoms with Crippen LogP contribution in [0.15, 0.2) is 47.4 Å². The predicted octanol–water partition coefficient (Wildman–Crippen LogP) is 3.47. The van der Waals surface area contributed by atoms with Gasteiger partial charge in [0.2, 0.25) is 21.8 Å². The van der Waals surface area contributed by atoms with Gasteiger partial charge in [-0.25, -0.2) is 8.42 Å². The minimum atomic E-state index is -3.94. The molecule has 0 aromatic heterocycles. The van der Waals surface area contributed by atoms with E-state index < -0.39 is 22.0 Å². The zero-order valence-electron chi connectivity index (χ0n) is 18.1. The van der Waals surface area contributed by atoms with Crippen molar-refractivity contribution < 1.29 is 18.0 Å². The third-order valence-corrected chi connectivity index (χ3v) is 6.78. The van der Waals surface area contributed by atoms with Crippen molar-refractivity contribution in [3.05, 3.63) is 53.6 Å². The SMILES string of the molecule is CCc1cccc(NC(=O)[C@H](NS(=O)(=O)c2ccc3c(c2)CCCC(=O)N3)C(C)C)c1. The standard InChI is InChI=1S/C23H29N3O4S/c1-4-16-7-5-9-18(13-16)24-23(28)22(15(2)3)26-31(29,30)19-11-12-20-17(14-19)8-6-10-21(27)25-20/h5,7,9,11-15,22,26H,4,6,8,10H2,1-3H3,(H,24,28)(H,25,27)/t22-/m1/s1. The van der Waals surface area contributed by atoms with Gasteiger partial charge in [-0.3, -0.25) is 9.59 Å². The summed E-state index contributed by atoms with van der Waals surface area (Å²) < 4.78 is 28.7. The summed E-state index contributed by atoms with van der Waals surface area (Å²) >= 11 is 0. The number of hydrogen-bond donors (Lipinski definition) is 3. The molecular weight excluding hydrogens is 414 g/mol. The monoisotopic (exact) mass is 443 g/mol. The lowest BCUT2D eigenvalue weighted by Crippen LogP contribution is -2.47. The van der Waals surface area contributed by atoms with E-state index in [1.807, 2.05) is 25.1 Å². The van der Waals surface area contributed by atoms with Crippen LogP contribution in [0.5, 0.6) is 0 Å². The van der Waals surface area contributed by atoms with E-state index in [1.54, 1.807) is 32.0 Å². The van der Waals surface area contributed by atoms with Gasteiger partial charge >= 0.3 is 0 Å². The van der Waals surface area contributed by atoms with Gasteiger partial charge in [-0.1, -0.05) is 32.9 Å². The molecule has 1 aliphatic heterocycles. The Balaban J connectivity index is 1.80. The number of fused-ring (bicyclic) bond motifs is 1. The Morgan fingerprint density at radius 1 is 1.13 bits per heavy atom. The maximum atomic E-state index is 13.1. The maximum Gasteiger partial charge on any atom is 0.242 e. The van der Waals surface area contributed by atoms with Crippen LogP contribution in [0.3, 0.4) is 0 Å². The number of hydrogen-bond acceptors (Lipinski definition) is 4. The van der Waals surface area contributed by atoms with Crippen LogP contribution in [-0.4, -0.2) is 26.3 Å². The number of carbonyl (C=O) groups excluding carboxylic acids is 2. The van der Waals surface area contributed by atoms with E-state index >= 15 is 0 Å². The normalized spacial score (nSPS) is 15.0. The highest BCUT2D eigenvalue weighted by molar-refractivity contribution is 7.89. The van der Waals surface area contributed by atoms with Crippen molar-refractivity contribution in [2.24, 2.45) is 5.92 Å². The number of benzene rings is 2. The van der Waals surface area contributed by atoms with Gasteiger partial charge in [-0.2, -0.15) is 4.72 Å². The van der Waals surface area contributed by atoms with Gasteiger partial charge in [-0.05, 0) is 66.6 Å². The van der Waals surface area contributed by atoms with Gasteiger partial charge in [-0.15, -0.1) is 0 Å². The molecule has 2 aromatic rings. The van der Waals surface area contributed by atoms with Crippen LogP contribution in [0.4, 0.5) is 11.4 Å². The first-order chi connectivity index (χ1) is 14.7. The molecule has 0 spiro atoms. The quantitative estimate of drug-likeness (QED) is 0.609. The fourth-order valence-corrected chi connectivity index (χ4v) is 4.93. The molecule has 2 amide bonds. The molecule has 0 fully saturated rings. The van der Waals surface area contributed by atoms with Crippen LogP contribution in [0.1, 0.15) is 44.7 Å². The zero-order valence-corrected chi connectivity index (χ0v) is 18.9. The summed E-state index contributed by atoms with van der Waals surface area (Å²) in [6.45, 7) is 5.61. The van der Waals surface area contributed by atoms with Crippen LogP contribution in [0, 0.1) is 5.92 Å². The minimum absolute atomic E-state index is 0.0730. The van der Waals surface area contributed by atoms with Crippen LogP contribution in [0.25, 0.3) is 0 Å². The lowest BCUT2D eigenvalue weighted by molar-refractivity contribution is -0.118. The molecule has 3 rings (SSSR count). The Labute approximate surface area is 183 Å². The van der Waals surface area contributed by atoms with Gasteiger partial charge in [0.1, 0.15) is 6.04 Å². The third kappa shape index (κ3) is 5.71. The van der Waals surface area contributed by atoms with E-state index in [1.165, 1.54) is 6.07 Å². The Bertz CT molecular complexity index is 1080. The molecule has 166 valence electrons. The molecule has 0 aliphatic carbocycles. The average molecular weight is 444 g/mol. The van der Waals surface area contributed by atoms with E-state index in [9.17, 15) is 18.0 Å². The highest BCUT2D eigenvalue weighted by Gasteiger charge is 2.29. The molecule has 7 nitrogen and oxygen atoms in total. The molecule has 1 heterocycles. The van der Waals surface area contributed by atoms with Gasteiger partial charge in [0.15, 0.2) is 0 Å². The summed E-state index contributed by atoms with van der Waals surface area (Å²) in [5.41, 5.74) is 3.12. The van der Waals surface area contributed by atoms with E-state index in [-0.39, 0.29) is 16.7 Å². The van der Waals surface area contributed by atoms with E-state index in [0.29, 0.717) is 30.6 Å². The largest absolute Gasteiger partial charge is 0.326 e. The van der Waals surface area contributed by atoms with Gasteiger partial charge in [0.25, 0.3) is 0 Å². The lowest BCUT2D eigenvalue weighted by Gasteiger charge is -2.22. The number of rotatable bonds is 7. The van der Waals surface area contributed by atoms with E-state index in [0.717, 1.165) is 17.5 Å². The Morgan fingerprint density at radius 3 is 2.61 bits per heavy atom. The highest BCUT2D eigenvalue weighted by Crippen LogP contribution is 2.25. The van der Waals surface area contributed by atoms with Crippen molar-refractivity contribution in [3.63, 3.8) is 0 Å². The second kappa shape index (κ2) is 9.62. The first-order valence-corrected chi connectivity index (χ1v) is 12.0. The number of sulfonamides is 1. The number of nitrogens with one attached hydrogen (secondary N) is 3. The molecule has 2 aromatic carbocycles. The van der Waals surface area contributed by atoms with Crippen molar-refractivity contribution in [3.8, 4) is 0 Å². The molecule has 1 aliphatic rings. The Hall–Kier alpha value is -2.71. The highest BCUT2D eigenvalue weighted by atomic mass is 32.2. The van der Waals surface area contributed by atoms with Crippen LogP contribution < -0.4 is 15.4 Å². The average Bonchev–Trinajstić information content (AvgIpc) is 2.91. The zero-order chi connectivity index (χ0) is 22.6. The fraction of sp³-hybridized carbons (Fsp3) is 0.391. The van der Waals surface area contributed by atoms with Gasteiger partial charge in [0.05, 0.1) is 4.90 Å². The second-order valence-corrected chi connectivity index (χ2v) is 9.82. The number of carbonyl (C=O) groups is 2. The summed E-state index contributed by atoms with van der Waals surface area (Å²) in [6, 6.07) is 11.2. The van der Waals surface area contributed by atoms with Crippen LogP contribution in [-0.2, 0) is 32.5 Å². The summed E-state index contributed by atoms with van der Waals surface area (Å²) in [5.74, 6) is -0.741. The second-order valence-electron chi connectivity index (χ2n) is 8.11. The van der Waals surface area contributed by atoms with E-state index in [4.69, 9.17) is 0 Å². The minimum Gasteiger partial charge on any atom is -0.326 e. The molecule has 0 bridgehead atoms. The Morgan fingerprint density at radius 2 is 1.90 bits per heavy atom. The molecule has 3 N–H and O–H groups in total. The van der Waals surface area contributed by atoms with Crippen LogP contribution >= 0.6 is 0 Å². The molecule has 0 saturated heterocycles. The lowest BCUT2D eigenvalue weighted by atomic mass is 10.0. The van der Waals surface area contributed by atoms with Crippen molar-refractivity contribution in [1.82, 2.24) is 4.72 Å². The smallest absolute Gasteiger partial charge is 0.242 e. The molecule has 0 radical (unpaired) electrons. The molecule has 0 unspecified atom stereocenters. The first kappa shape index (κ1) is 23.0. The van der Waals surface area contributed by atoms with Gasteiger partial charge < -0.3 is 10.6 Å². The number of aryl methyl sites for hydroxylation is 2. The Kier molecular flexibility index (Phi) is 7.12. The van der Waals surface area contributed by atoms with Crippen molar-refractivity contribution in [2.75, 3.05) is 10.6 Å². The van der Waals surface area contributed by atoms with Gasteiger partial charge in [0, 0.05) is 17.8 Å². The van der Waals surface area contributed by atoms with Crippen LogP contribution in [0.2, 0.25) is 0 Å². The fourth-order valence-electron chi connectivity index (χ4n) is 3.53. The summed E-state index contributed by atoms with van der Waals surface area (Å²) in [6.07, 6.45) is 2.51. The number of anilines is 2.